The van der Waals surface area contributed by atoms with Gasteiger partial charge in [-0.25, -0.2) is 9.97 Å². The normalized spacial score (nSPS) is 10.8. The fraction of sp³-hybridized carbons (Fsp3) is 0.500. The maximum atomic E-state index is 5.61. The molecule has 0 bridgehead atoms. The minimum atomic E-state index is 0.287. The summed E-state index contributed by atoms with van der Waals surface area (Å²) in [6.45, 7) is 6.73. The summed E-state index contributed by atoms with van der Waals surface area (Å²) in [4.78, 5) is 16.8. The van der Waals surface area contributed by atoms with Crippen molar-refractivity contribution in [1.29, 1.82) is 0 Å². The Balaban J connectivity index is 2.11. The summed E-state index contributed by atoms with van der Waals surface area (Å²) in [6, 6.07) is 0. The summed E-state index contributed by atoms with van der Waals surface area (Å²) < 4.78 is 2.14. The molecule has 0 aromatic carbocycles. The molecule has 18 heavy (non-hydrogen) atoms. The van der Waals surface area contributed by atoms with Gasteiger partial charge in [-0.15, -0.1) is 0 Å². The van der Waals surface area contributed by atoms with Gasteiger partial charge in [-0.1, -0.05) is 6.92 Å². The van der Waals surface area contributed by atoms with Gasteiger partial charge in [0.1, 0.15) is 17.5 Å². The SMILES string of the molecule is CCc1nc(C)cn1CCc1nc(C)nc(N)n1. The molecule has 0 spiro atoms. The second-order valence-electron chi connectivity index (χ2n) is 4.25. The molecule has 0 saturated heterocycles. The van der Waals surface area contributed by atoms with Gasteiger partial charge in [0.05, 0.1) is 5.69 Å². The first-order valence-electron chi connectivity index (χ1n) is 6.08. The van der Waals surface area contributed by atoms with E-state index >= 15 is 0 Å². The molecule has 0 aliphatic carbocycles. The summed E-state index contributed by atoms with van der Waals surface area (Å²) in [6.07, 6.45) is 3.71. The van der Waals surface area contributed by atoms with Crippen LogP contribution in [0.4, 0.5) is 5.95 Å². The van der Waals surface area contributed by atoms with Crippen LogP contribution in [0.25, 0.3) is 0 Å². The second kappa shape index (κ2) is 5.12. The lowest BCUT2D eigenvalue weighted by Gasteiger charge is -2.06. The maximum Gasteiger partial charge on any atom is 0.223 e. The topological polar surface area (TPSA) is 82.5 Å². The molecule has 0 aliphatic heterocycles. The fourth-order valence-corrected chi connectivity index (χ4v) is 1.96. The molecular weight excluding hydrogens is 228 g/mol. The Hall–Kier alpha value is -1.98. The molecule has 6 heteroatoms. The van der Waals surface area contributed by atoms with Crippen molar-refractivity contribution in [2.45, 2.75) is 40.2 Å². The van der Waals surface area contributed by atoms with Crippen molar-refractivity contribution >= 4 is 5.95 Å². The van der Waals surface area contributed by atoms with Gasteiger partial charge in [0, 0.05) is 25.6 Å². The molecule has 6 nitrogen and oxygen atoms in total. The average molecular weight is 246 g/mol. The molecule has 0 aliphatic rings. The third-order valence-electron chi connectivity index (χ3n) is 2.68. The Morgan fingerprint density at radius 3 is 2.61 bits per heavy atom. The first kappa shape index (κ1) is 12.5. The molecule has 0 radical (unpaired) electrons. The zero-order chi connectivity index (χ0) is 13.1. The van der Waals surface area contributed by atoms with Gasteiger partial charge < -0.3 is 10.3 Å². The van der Waals surface area contributed by atoms with Crippen LogP contribution in [0.2, 0.25) is 0 Å². The molecule has 0 amide bonds. The number of imidazole rings is 1. The standard InChI is InChI=1S/C12H18N6/c1-4-11-14-8(2)7-18(11)6-5-10-15-9(3)16-12(13)17-10/h7H,4-6H2,1-3H3,(H2,13,15,16,17). The highest BCUT2D eigenvalue weighted by Crippen LogP contribution is 2.06. The van der Waals surface area contributed by atoms with E-state index < -0.39 is 0 Å². The summed E-state index contributed by atoms with van der Waals surface area (Å²) in [5.41, 5.74) is 6.65. The molecular formula is C12H18N6. The van der Waals surface area contributed by atoms with Crippen LogP contribution in [0.15, 0.2) is 6.20 Å². The maximum absolute atomic E-state index is 5.61. The summed E-state index contributed by atoms with van der Waals surface area (Å²) in [5, 5.41) is 0. The van der Waals surface area contributed by atoms with Gasteiger partial charge in [0.15, 0.2) is 0 Å². The zero-order valence-corrected chi connectivity index (χ0v) is 11.0. The van der Waals surface area contributed by atoms with E-state index in [9.17, 15) is 0 Å². The fourth-order valence-electron chi connectivity index (χ4n) is 1.96. The monoisotopic (exact) mass is 246 g/mol. The van der Waals surface area contributed by atoms with Crippen LogP contribution in [0.5, 0.6) is 0 Å². The molecule has 0 saturated carbocycles. The number of aryl methyl sites for hydroxylation is 5. The smallest absolute Gasteiger partial charge is 0.223 e. The van der Waals surface area contributed by atoms with Crippen molar-refractivity contribution in [3.8, 4) is 0 Å². The van der Waals surface area contributed by atoms with Crippen molar-refractivity contribution in [1.82, 2.24) is 24.5 Å². The zero-order valence-electron chi connectivity index (χ0n) is 11.0. The lowest BCUT2D eigenvalue weighted by atomic mass is 10.3. The Morgan fingerprint density at radius 2 is 1.94 bits per heavy atom. The van der Waals surface area contributed by atoms with Crippen LogP contribution < -0.4 is 5.73 Å². The van der Waals surface area contributed by atoms with E-state index in [1.807, 2.05) is 13.8 Å². The molecule has 96 valence electrons. The van der Waals surface area contributed by atoms with Crippen LogP contribution in [0.3, 0.4) is 0 Å². The molecule has 2 rings (SSSR count). The Morgan fingerprint density at radius 1 is 1.17 bits per heavy atom. The van der Waals surface area contributed by atoms with E-state index in [4.69, 9.17) is 5.73 Å². The lowest BCUT2D eigenvalue weighted by Crippen LogP contribution is -2.10. The van der Waals surface area contributed by atoms with Gasteiger partial charge in [-0.05, 0) is 13.8 Å². The number of aromatic nitrogens is 5. The van der Waals surface area contributed by atoms with E-state index in [2.05, 4.69) is 37.6 Å². The van der Waals surface area contributed by atoms with Crippen molar-refractivity contribution in [2.75, 3.05) is 5.73 Å². The number of anilines is 1. The van der Waals surface area contributed by atoms with Crippen molar-refractivity contribution in [3.63, 3.8) is 0 Å². The van der Waals surface area contributed by atoms with Gasteiger partial charge in [-0.3, -0.25) is 0 Å². The van der Waals surface area contributed by atoms with Crippen molar-refractivity contribution in [3.05, 3.63) is 29.4 Å². The molecule has 0 fully saturated rings. The quantitative estimate of drug-likeness (QED) is 0.872. The molecule has 0 atom stereocenters. The Labute approximate surface area is 106 Å². The second-order valence-corrected chi connectivity index (χ2v) is 4.25. The summed E-state index contributed by atoms with van der Waals surface area (Å²) >= 11 is 0. The highest BCUT2D eigenvalue weighted by atomic mass is 15.1. The van der Waals surface area contributed by atoms with Crippen LogP contribution in [-0.4, -0.2) is 24.5 Å². The van der Waals surface area contributed by atoms with E-state index in [0.29, 0.717) is 5.82 Å². The number of nitrogens with zero attached hydrogens (tertiary/aromatic N) is 5. The number of nitrogen functional groups attached to an aromatic ring is 1. The van der Waals surface area contributed by atoms with Crippen LogP contribution in [0, 0.1) is 13.8 Å². The third kappa shape index (κ3) is 2.82. The highest BCUT2D eigenvalue weighted by molar-refractivity contribution is 5.15. The average Bonchev–Trinajstić information content (AvgIpc) is 2.66. The minimum Gasteiger partial charge on any atom is -0.368 e. The van der Waals surface area contributed by atoms with E-state index in [0.717, 1.165) is 36.7 Å². The summed E-state index contributed by atoms with van der Waals surface area (Å²) in [7, 11) is 0. The molecule has 2 aromatic heterocycles. The Kier molecular flexibility index (Phi) is 3.55. The third-order valence-corrected chi connectivity index (χ3v) is 2.68. The number of hydrogen-bond acceptors (Lipinski definition) is 5. The van der Waals surface area contributed by atoms with Gasteiger partial charge in [-0.2, -0.15) is 9.97 Å². The molecule has 2 aromatic rings. The largest absolute Gasteiger partial charge is 0.368 e. The van der Waals surface area contributed by atoms with Crippen molar-refractivity contribution < 1.29 is 0 Å². The Bertz CT molecular complexity index is 525. The highest BCUT2D eigenvalue weighted by Gasteiger charge is 2.06. The first-order chi connectivity index (χ1) is 8.58. The first-order valence-corrected chi connectivity index (χ1v) is 6.08. The van der Waals surface area contributed by atoms with Gasteiger partial charge in [0.25, 0.3) is 0 Å². The number of nitrogens with two attached hydrogens (primary N) is 1. The predicted octanol–water partition coefficient (Wildman–Crippen LogP) is 1.07. The number of hydrogen-bond donors (Lipinski definition) is 1. The predicted molar refractivity (Wildman–Crippen MR) is 69.0 cm³/mol. The van der Waals surface area contributed by atoms with Crippen molar-refractivity contribution in [2.24, 2.45) is 0 Å². The van der Waals surface area contributed by atoms with Gasteiger partial charge >= 0.3 is 0 Å². The van der Waals surface area contributed by atoms with Crippen LogP contribution in [0.1, 0.15) is 30.1 Å². The lowest BCUT2D eigenvalue weighted by molar-refractivity contribution is 0.634. The van der Waals surface area contributed by atoms with Crippen LogP contribution in [-0.2, 0) is 19.4 Å². The molecule has 2 heterocycles. The molecule has 2 N–H and O–H groups in total. The minimum absolute atomic E-state index is 0.287. The molecule has 0 unspecified atom stereocenters. The van der Waals surface area contributed by atoms with E-state index in [1.165, 1.54) is 0 Å². The number of rotatable bonds is 4. The van der Waals surface area contributed by atoms with Gasteiger partial charge in [0.2, 0.25) is 5.95 Å². The van der Waals surface area contributed by atoms with E-state index in [-0.39, 0.29) is 5.95 Å². The summed E-state index contributed by atoms with van der Waals surface area (Å²) in [5.74, 6) is 2.77. The van der Waals surface area contributed by atoms with Crippen LogP contribution >= 0.6 is 0 Å². The van der Waals surface area contributed by atoms with E-state index in [1.54, 1.807) is 0 Å².